The van der Waals surface area contributed by atoms with Crippen molar-refractivity contribution in [1.82, 2.24) is 51.5 Å². The molecule has 1 unspecified atom stereocenters. The van der Waals surface area contributed by atoms with Crippen LogP contribution < -0.4 is 66.3 Å². The molecule has 580 valence electrons. The highest BCUT2D eigenvalue weighted by molar-refractivity contribution is 5.99. The summed E-state index contributed by atoms with van der Waals surface area (Å²) in [6.07, 6.45) is 6.38. The van der Waals surface area contributed by atoms with Crippen LogP contribution in [0.3, 0.4) is 0 Å². The van der Waals surface area contributed by atoms with Gasteiger partial charge in [0.15, 0.2) is 17.9 Å². The van der Waals surface area contributed by atoms with Crippen molar-refractivity contribution in [3.05, 3.63) is 108 Å². The van der Waals surface area contributed by atoms with Crippen molar-refractivity contribution in [2.45, 2.75) is 182 Å². The molecule has 4 saturated carbocycles. The molecule has 21 N–H and O–H groups in total. The number of aliphatic carboxylic acids is 1. The molecule has 107 heavy (non-hydrogen) atoms. The Morgan fingerprint density at radius 3 is 1.58 bits per heavy atom. The normalized spacial score (nSPS) is 23.0. The number of nitrogens with two attached hydrogens (primary N) is 6. The highest BCUT2D eigenvalue weighted by Crippen LogP contribution is 2.61. The molecule has 0 aromatic heterocycles. The van der Waals surface area contributed by atoms with Crippen LogP contribution in [0.2, 0.25) is 0 Å². The molecule has 10 atom stereocenters. The molecule has 3 saturated heterocycles. The van der Waals surface area contributed by atoms with E-state index in [9.17, 15) is 63.3 Å². The molecule has 0 spiro atoms. The number of rotatable bonds is 37. The molecule has 3 aromatic carbocycles. The van der Waals surface area contributed by atoms with Gasteiger partial charge in [0.05, 0.1) is 19.3 Å². The number of hydrogen-bond donors (Lipinski definition) is 15. The SMILES string of the molecule is NC(N)=NCCC[C@H](NC(=O)[C@@H](Cc1ccccc1)N1CCN(C(=O)[C@H](CO)NC(=O)[C@H](Cc2ccccc2)NC(=O)CNC(=O)[C@@H]2CC(O)CN2C(=O)[C@@H]2CCCN2C(=O)[C@H](CCCN=C(N)N)NC(=O)[C@@H](CCCN=C(N)N)NC(=O)CC23CC4CC(CC(C4)C2)C3)[C@H](Cc2ccccc2)C1=O)C(=O)O. The molecular formula is C74H105N19O14. The minimum atomic E-state index is -1.71. The number of carbonyl (C=O) groups is 11. The minimum Gasteiger partial charge on any atom is -0.480 e. The largest absolute Gasteiger partial charge is 0.480 e. The predicted molar refractivity (Wildman–Crippen MR) is 395 cm³/mol. The lowest BCUT2D eigenvalue weighted by Gasteiger charge is -2.56. The summed E-state index contributed by atoms with van der Waals surface area (Å²) in [5.41, 5.74) is 35.1. The lowest BCUT2D eigenvalue weighted by Crippen LogP contribution is -2.67. The van der Waals surface area contributed by atoms with Gasteiger partial charge in [-0.2, -0.15) is 0 Å². The molecule has 33 heteroatoms. The van der Waals surface area contributed by atoms with Gasteiger partial charge in [-0.25, -0.2) is 4.79 Å². The number of carbonyl (C=O) groups excluding carboxylic acids is 10. The van der Waals surface area contributed by atoms with E-state index in [4.69, 9.17) is 34.4 Å². The van der Waals surface area contributed by atoms with Crippen LogP contribution in [0.1, 0.15) is 119 Å². The summed E-state index contributed by atoms with van der Waals surface area (Å²) in [6.45, 7) is -2.04. The summed E-state index contributed by atoms with van der Waals surface area (Å²) in [7, 11) is 0. The molecule has 10 rings (SSSR count). The van der Waals surface area contributed by atoms with Gasteiger partial charge in [0.1, 0.15) is 54.4 Å². The first-order chi connectivity index (χ1) is 51.3. The highest BCUT2D eigenvalue weighted by Gasteiger charge is 2.53. The van der Waals surface area contributed by atoms with Crippen molar-refractivity contribution in [1.29, 1.82) is 0 Å². The summed E-state index contributed by atoms with van der Waals surface area (Å²) >= 11 is 0. The van der Waals surface area contributed by atoms with Crippen LogP contribution in [-0.4, -0.2) is 237 Å². The Morgan fingerprint density at radius 1 is 0.533 bits per heavy atom. The molecule has 7 fully saturated rings. The Kier molecular flexibility index (Phi) is 28.8. The fraction of sp³-hybridized carbons (Fsp3) is 0.568. The van der Waals surface area contributed by atoms with Crippen LogP contribution >= 0.6 is 0 Å². The summed E-state index contributed by atoms with van der Waals surface area (Å²) in [6, 6.07) is 14.0. The topological polar surface area (TPSA) is 527 Å². The standard InChI is InChI=1S/C74H105N19O14/c75-71(76)81-24-10-20-51(85-60(96)40-74-37-47-30-48(38-74)32-49(31-47)39-74)62(98)87-52(21-11-25-82-72(77)78)66(102)90-27-13-23-56(90)68(104)93-42-50(95)36-58(93)64(100)84-41-61(97)86-54(33-44-14-4-1-5-15-44)63(99)89-55(43-94)67(103)92-29-28-91(69(105)59(92)35-46-18-8-3-9-19-46)57(34-45-16-6-2-7-17-45)65(101)88-53(70(106)107)22-12-26-83-73(79)80/h1-9,14-19,47-59,94-95H,10-13,20-43H2,(H,84,100)(H,85,96)(H,86,97)(H,87,98)(H,88,101)(H,89,99)(H,106,107)(H4,75,76,81)(H4,77,78,82)(H4,79,80,83)/t47?,48?,49?,50?,51-,52+,53+,54+,55+,56+,57-,58+,59-,74?/m1/s1. The molecule has 33 nitrogen and oxygen atoms in total. The Labute approximate surface area is 621 Å². The van der Waals surface area contributed by atoms with Gasteiger partial charge < -0.3 is 101 Å². The van der Waals surface area contributed by atoms with Crippen molar-refractivity contribution in [3.63, 3.8) is 0 Å². The zero-order valence-corrected chi connectivity index (χ0v) is 60.4. The van der Waals surface area contributed by atoms with Gasteiger partial charge in [0.2, 0.25) is 59.1 Å². The van der Waals surface area contributed by atoms with Crippen LogP contribution in [0.25, 0.3) is 0 Å². The van der Waals surface area contributed by atoms with Crippen LogP contribution in [0, 0.1) is 23.2 Å². The number of aliphatic imine (C=N–C) groups is 3. The molecular weight excluding hydrogens is 1380 g/mol. The minimum absolute atomic E-state index is 0.0215. The van der Waals surface area contributed by atoms with Crippen LogP contribution in [0.4, 0.5) is 0 Å². The van der Waals surface area contributed by atoms with E-state index in [1.807, 2.05) is 0 Å². The van der Waals surface area contributed by atoms with Gasteiger partial charge in [-0.1, -0.05) is 91.0 Å². The third-order valence-corrected chi connectivity index (χ3v) is 21.3. The summed E-state index contributed by atoms with van der Waals surface area (Å²) in [5.74, 6) is -7.25. The molecule has 0 radical (unpaired) electrons. The summed E-state index contributed by atoms with van der Waals surface area (Å²) in [5, 5.41) is 48.4. The lowest BCUT2D eigenvalue weighted by atomic mass is 9.49. The van der Waals surface area contributed by atoms with E-state index in [2.05, 4.69) is 46.9 Å². The number of nitrogens with zero attached hydrogens (tertiary/aromatic N) is 7. The predicted octanol–water partition coefficient (Wildman–Crippen LogP) is -2.54. The average molecular weight is 1480 g/mol. The van der Waals surface area contributed by atoms with Crippen molar-refractivity contribution >= 4 is 82.9 Å². The van der Waals surface area contributed by atoms with Crippen molar-refractivity contribution in [3.8, 4) is 0 Å². The molecule has 3 aromatic rings. The fourth-order valence-corrected chi connectivity index (χ4v) is 16.8. The number of aliphatic hydroxyl groups is 2. The van der Waals surface area contributed by atoms with E-state index in [0.29, 0.717) is 47.3 Å². The lowest BCUT2D eigenvalue weighted by molar-refractivity contribution is -0.158. The van der Waals surface area contributed by atoms with Gasteiger partial charge in [0.25, 0.3) is 0 Å². The van der Waals surface area contributed by atoms with Gasteiger partial charge in [-0.15, -0.1) is 0 Å². The maximum absolute atomic E-state index is 15.1. The fourth-order valence-electron chi connectivity index (χ4n) is 16.8. The average Bonchev–Trinajstić information content (AvgIpc) is 1.23. The number of likely N-dealkylation sites (tertiary alicyclic amines) is 2. The van der Waals surface area contributed by atoms with Gasteiger partial charge >= 0.3 is 5.97 Å². The second-order valence-corrected chi connectivity index (χ2v) is 29.4. The van der Waals surface area contributed by atoms with Crippen LogP contribution in [-0.2, 0) is 72.0 Å². The van der Waals surface area contributed by atoms with Crippen molar-refractivity contribution < 1.29 is 68.1 Å². The molecule has 10 amide bonds. The number of β-amino-alcohol motifs (C(OH)–C–C–N with tert-alkyl or cyclic N) is 1. The number of piperazine rings is 1. The van der Waals surface area contributed by atoms with E-state index in [-0.39, 0.29) is 146 Å². The first-order valence-corrected chi connectivity index (χ1v) is 37.1. The molecule has 4 bridgehead atoms. The number of amides is 10. The number of carboxylic acid groups (broad SMARTS) is 1. The third kappa shape index (κ3) is 22.6. The monoisotopic (exact) mass is 1480 g/mol. The van der Waals surface area contributed by atoms with Crippen LogP contribution in [0.5, 0.6) is 0 Å². The van der Waals surface area contributed by atoms with Crippen LogP contribution in [0.15, 0.2) is 106 Å². The number of carboxylic acids is 1. The third-order valence-electron chi connectivity index (χ3n) is 21.3. The maximum atomic E-state index is 15.1. The summed E-state index contributed by atoms with van der Waals surface area (Å²) < 4.78 is 0. The number of guanidine groups is 3. The Balaban J connectivity index is 0.858. The Morgan fingerprint density at radius 2 is 1.03 bits per heavy atom. The first kappa shape index (κ1) is 80.7. The number of benzene rings is 3. The second-order valence-electron chi connectivity index (χ2n) is 29.4. The summed E-state index contributed by atoms with van der Waals surface area (Å²) in [4.78, 5) is 175. The molecule has 3 aliphatic heterocycles. The quantitative estimate of drug-likeness (QED) is 0.0161. The molecule has 4 aliphatic carbocycles. The zero-order chi connectivity index (χ0) is 76.9. The number of hydrogen-bond acceptors (Lipinski definition) is 16. The highest BCUT2D eigenvalue weighted by atomic mass is 16.4. The first-order valence-electron chi connectivity index (χ1n) is 37.1. The van der Waals surface area contributed by atoms with Crippen molar-refractivity contribution in [2.75, 3.05) is 59.0 Å². The Bertz CT molecular complexity index is 3670. The number of nitrogens with one attached hydrogen (secondary N) is 6. The maximum Gasteiger partial charge on any atom is 0.326 e. The van der Waals surface area contributed by atoms with E-state index in [1.54, 1.807) is 91.0 Å². The zero-order valence-electron chi connectivity index (χ0n) is 60.4. The van der Waals surface area contributed by atoms with Gasteiger partial charge in [-0.3, -0.25) is 62.9 Å². The van der Waals surface area contributed by atoms with E-state index < -0.39 is 133 Å². The molecule has 7 aliphatic rings. The van der Waals surface area contributed by atoms with E-state index in [1.165, 1.54) is 34.0 Å². The second kappa shape index (κ2) is 38.2. The van der Waals surface area contributed by atoms with Crippen molar-refractivity contribution in [2.24, 2.45) is 72.5 Å². The van der Waals surface area contributed by atoms with Gasteiger partial charge in [0, 0.05) is 77.9 Å². The molecule has 3 heterocycles. The van der Waals surface area contributed by atoms with E-state index >= 15 is 4.79 Å². The number of aliphatic hydroxyl groups excluding tert-OH is 2. The van der Waals surface area contributed by atoms with E-state index in [0.717, 1.165) is 24.2 Å². The Hall–Kier alpha value is -10.4. The smallest absolute Gasteiger partial charge is 0.326 e. The van der Waals surface area contributed by atoms with Gasteiger partial charge in [-0.05, 0) is 130 Å².